The molecule has 0 saturated carbocycles. The number of hydrogen-bond donors (Lipinski definition) is 2. The third-order valence-corrected chi connectivity index (χ3v) is 3.20. The standard InChI is InChI=1S/C12H16N2OS2/c1-8(7-11(13)16)14-12(15)9-5-3-4-6-10(9)17-2/h3-6,8H,7H2,1-2H3,(H2,13,16)(H,14,15). The van der Waals surface area contributed by atoms with E-state index in [2.05, 4.69) is 5.32 Å². The van der Waals surface area contributed by atoms with E-state index in [1.807, 2.05) is 37.4 Å². The van der Waals surface area contributed by atoms with Crippen molar-refractivity contribution in [2.24, 2.45) is 5.73 Å². The van der Waals surface area contributed by atoms with E-state index in [-0.39, 0.29) is 11.9 Å². The summed E-state index contributed by atoms with van der Waals surface area (Å²) in [5.74, 6) is -0.0845. The molecule has 0 spiro atoms. The molecule has 1 aromatic carbocycles. The summed E-state index contributed by atoms with van der Waals surface area (Å²) in [6.45, 7) is 1.89. The molecule has 0 aliphatic heterocycles. The van der Waals surface area contributed by atoms with E-state index in [9.17, 15) is 4.79 Å². The molecule has 92 valence electrons. The first kappa shape index (κ1) is 14.0. The quantitative estimate of drug-likeness (QED) is 0.635. The minimum absolute atomic E-state index is 0.0464. The lowest BCUT2D eigenvalue weighted by Gasteiger charge is -2.14. The number of carbonyl (C=O) groups excluding carboxylic acids is 1. The molecular weight excluding hydrogens is 252 g/mol. The average molecular weight is 268 g/mol. The molecule has 0 aliphatic carbocycles. The number of rotatable bonds is 5. The zero-order valence-corrected chi connectivity index (χ0v) is 11.5. The van der Waals surface area contributed by atoms with Crippen molar-refractivity contribution in [1.82, 2.24) is 5.32 Å². The number of thiocarbonyl (C=S) groups is 1. The van der Waals surface area contributed by atoms with Gasteiger partial charge >= 0.3 is 0 Å². The minimum atomic E-state index is -0.0845. The highest BCUT2D eigenvalue weighted by atomic mass is 32.2. The monoisotopic (exact) mass is 268 g/mol. The van der Waals surface area contributed by atoms with E-state index in [0.717, 1.165) is 4.90 Å². The van der Waals surface area contributed by atoms with E-state index < -0.39 is 0 Å². The van der Waals surface area contributed by atoms with Crippen LogP contribution in [-0.2, 0) is 0 Å². The fourth-order valence-electron chi connectivity index (χ4n) is 1.49. The minimum Gasteiger partial charge on any atom is -0.393 e. The lowest BCUT2D eigenvalue weighted by molar-refractivity contribution is 0.0938. The van der Waals surface area contributed by atoms with Crippen molar-refractivity contribution >= 4 is 34.9 Å². The molecule has 0 aliphatic rings. The Balaban J connectivity index is 2.72. The van der Waals surface area contributed by atoms with Crippen molar-refractivity contribution in [3.63, 3.8) is 0 Å². The Bertz CT molecular complexity index is 421. The highest BCUT2D eigenvalue weighted by Gasteiger charge is 2.13. The van der Waals surface area contributed by atoms with Crippen LogP contribution in [0.15, 0.2) is 29.2 Å². The summed E-state index contributed by atoms with van der Waals surface area (Å²) in [6, 6.07) is 7.47. The van der Waals surface area contributed by atoms with Crippen LogP contribution in [0, 0.1) is 0 Å². The maximum atomic E-state index is 12.0. The van der Waals surface area contributed by atoms with Gasteiger partial charge in [0.1, 0.15) is 0 Å². The van der Waals surface area contributed by atoms with Gasteiger partial charge in [-0.25, -0.2) is 0 Å². The Morgan fingerprint density at radius 3 is 2.76 bits per heavy atom. The molecule has 3 nitrogen and oxygen atoms in total. The summed E-state index contributed by atoms with van der Waals surface area (Å²) < 4.78 is 0. The molecule has 5 heteroatoms. The SMILES string of the molecule is CSc1ccccc1C(=O)NC(C)CC(N)=S. The maximum absolute atomic E-state index is 12.0. The summed E-state index contributed by atoms with van der Waals surface area (Å²) in [6.07, 6.45) is 2.47. The Morgan fingerprint density at radius 1 is 1.53 bits per heavy atom. The first-order valence-corrected chi connectivity index (χ1v) is 6.90. The number of hydrogen-bond acceptors (Lipinski definition) is 3. The summed E-state index contributed by atoms with van der Waals surface area (Å²) >= 11 is 6.37. The van der Waals surface area contributed by atoms with Gasteiger partial charge in [-0.2, -0.15) is 0 Å². The Hall–Kier alpha value is -1.07. The molecule has 17 heavy (non-hydrogen) atoms. The summed E-state index contributed by atoms with van der Waals surface area (Å²) in [5.41, 5.74) is 6.13. The van der Waals surface area contributed by atoms with Gasteiger partial charge in [-0.05, 0) is 25.3 Å². The van der Waals surface area contributed by atoms with Gasteiger partial charge in [-0.1, -0.05) is 24.4 Å². The largest absolute Gasteiger partial charge is 0.393 e. The van der Waals surface area contributed by atoms with Crippen LogP contribution >= 0.6 is 24.0 Å². The normalized spacial score (nSPS) is 11.9. The molecule has 0 radical (unpaired) electrons. The molecule has 1 amide bonds. The van der Waals surface area contributed by atoms with E-state index in [0.29, 0.717) is 17.0 Å². The molecule has 1 atom stereocenters. The van der Waals surface area contributed by atoms with Gasteiger partial charge in [0.25, 0.3) is 5.91 Å². The number of amides is 1. The van der Waals surface area contributed by atoms with Crippen LogP contribution in [0.25, 0.3) is 0 Å². The van der Waals surface area contributed by atoms with Crippen LogP contribution in [-0.4, -0.2) is 23.2 Å². The van der Waals surface area contributed by atoms with Crippen molar-refractivity contribution in [3.05, 3.63) is 29.8 Å². The molecule has 0 fully saturated rings. The van der Waals surface area contributed by atoms with Crippen LogP contribution < -0.4 is 11.1 Å². The Kier molecular flexibility index (Phi) is 5.44. The van der Waals surface area contributed by atoms with Crippen LogP contribution in [0.2, 0.25) is 0 Å². The van der Waals surface area contributed by atoms with Gasteiger partial charge in [0.05, 0.1) is 10.6 Å². The summed E-state index contributed by atoms with van der Waals surface area (Å²) in [5, 5.41) is 2.88. The summed E-state index contributed by atoms with van der Waals surface area (Å²) in [7, 11) is 0. The average Bonchev–Trinajstić information content (AvgIpc) is 2.27. The first-order valence-electron chi connectivity index (χ1n) is 5.26. The molecule has 1 unspecified atom stereocenters. The molecule has 0 heterocycles. The van der Waals surface area contributed by atoms with Gasteiger partial charge in [0, 0.05) is 17.4 Å². The van der Waals surface area contributed by atoms with Crippen LogP contribution in [0.3, 0.4) is 0 Å². The second-order valence-corrected chi connectivity index (χ2v) is 5.12. The smallest absolute Gasteiger partial charge is 0.252 e. The number of carbonyl (C=O) groups is 1. The van der Waals surface area contributed by atoms with E-state index in [4.69, 9.17) is 18.0 Å². The van der Waals surface area contributed by atoms with Crippen LogP contribution in [0.4, 0.5) is 0 Å². The molecule has 0 saturated heterocycles. The van der Waals surface area contributed by atoms with E-state index in [1.165, 1.54) is 0 Å². The highest BCUT2D eigenvalue weighted by molar-refractivity contribution is 7.98. The zero-order valence-electron chi connectivity index (χ0n) is 9.90. The number of nitrogens with one attached hydrogen (secondary N) is 1. The van der Waals surface area contributed by atoms with Gasteiger partial charge in [-0.15, -0.1) is 11.8 Å². The number of nitrogens with two attached hydrogens (primary N) is 1. The predicted molar refractivity (Wildman–Crippen MR) is 76.6 cm³/mol. The lowest BCUT2D eigenvalue weighted by Crippen LogP contribution is -2.35. The van der Waals surface area contributed by atoms with Crippen molar-refractivity contribution in [2.75, 3.05) is 6.26 Å². The van der Waals surface area contributed by atoms with Crippen molar-refractivity contribution in [1.29, 1.82) is 0 Å². The molecule has 3 N–H and O–H groups in total. The molecule has 1 rings (SSSR count). The van der Waals surface area contributed by atoms with Crippen LogP contribution in [0.1, 0.15) is 23.7 Å². The summed E-state index contributed by atoms with van der Waals surface area (Å²) in [4.78, 5) is 13.4. The lowest BCUT2D eigenvalue weighted by atomic mass is 10.2. The van der Waals surface area contributed by atoms with Gasteiger partial charge in [0.2, 0.25) is 0 Å². The molecule has 1 aromatic rings. The van der Waals surface area contributed by atoms with Crippen molar-refractivity contribution in [3.8, 4) is 0 Å². The zero-order chi connectivity index (χ0) is 12.8. The van der Waals surface area contributed by atoms with Gasteiger partial charge in [0.15, 0.2) is 0 Å². The maximum Gasteiger partial charge on any atom is 0.252 e. The fourth-order valence-corrected chi connectivity index (χ4v) is 2.33. The third-order valence-electron chi connectivity index (χ3n) is 2.24. The number of benzene rings is 1. The van der Waals surface area contributed by atoms with Crippen molar-refractivity contribution < 1.29 is 4.79 Å². The molecule has 0 bridgehead atoms. The second kappa shape index (κ2) is 6.61. The molecular formula is C12H16N2OS2. The van der Waals surface area contributed by atoms with Crippen molar-refractivity contribution in [2.45, 2.75) is 24.3 Å². The predicted octanol–water partition coefficient (Wildman–Crippen LogP) is 2.20. The van der Waals surface area contributed by atoms with E-state index >= 15 is 0 Å². The number of thioether (sulfide) groups is 1. The fraction of sp³-hybridized carbons (Fsp3) is 0.333. The topological polar surface area (TPSA) is 55.1 Å². The Labute approximate surface area is 111 Å². The molecule has 0 aromatic heterocycles. The highest BCUT2D eigenvalue weighted by Crippen LogP contribution is 2.19. The van der Waals surface area contributed by atoms with Gasteiger partial charge < -0.3 is 11.1 Å². The first-order chi connectivity index (χ1) is 8.04. The van der Waals surface area contributed by atoms with Crippen LogP contribution in [0.5, 0.6) is 0 Å². The van der Waals surface area contributed by atoms with E-state index in [1.54, 1.807) is 11.8 Å². The third kappa shape index (κ3) is 4.36. The van der Waals surface area contributed by atoms with Gasteiger partial charge in [-0.3, -0.25) is 4.79 Å². The second-order valence-electron chi connectivity index (χ2n) is 3.75. The Morgan fingerprint density at radius 2 is 2.18 bits per heavy atom.